The van der Waals surface area contributed by atoms with E-state index in [0.29, 0.717) is 37.7 Å². The zero-order chi connectivity index (χ0) is 15.3. The van der Waals surface area contributed by atoms with Gasteiger partial charge in [0.2, 0.25) is 0 Å². The van der Waals surface area contributed by atoms with Crippen LogP contribution in [0.3, 0.4) is 0 Å². The van der Waals surface area contributed by atoms with Gasteiger partial charge in [-0.05, 0) is 18.6 Å². The summed E-state index contributed by atoms with van der Waals surface area (Å²) in [5.41, 5.74) is 0.414. The number of nitrogens with one attached hydrogen (secondary N) is 1. The van der Waals surface area contributed by atoms with Gasteiger partial charge in [0.25, 0.3) is 5.91 Å². The highest BCUT2D eigenvalue weighted by atomic mass is 16.5. The van der Waals surface area contributed by atoms with Crippen LogP contribution in [-0.2, 0) is 14.3 Å². The molecule has 1 aromatic rings. The topological polar surface area (TPSA) is 80.6 Å². The second kappa shape index (κ2) is 10.7. The lowest BCUT2D eigenvalue weighted by molar-refractivity contribution is -0.123. The van der Waals surface area contributed by atoms with E-state index in [2.05, 4.69) is 5.32 Å². The van der Waals surface area contributed by atoms with E-state index in [0.717, 1.165) is 6.42 Å². The molecular formula is C15H20N2O4. The molecule has 0 spiro atoms. The monoisotopic (exact) mass is 292 g/mol. The van der Waals surface area contributed by atoms with E-state index in [1.54, 1.807) is 31.4 Å². The number of para-hydroxylation sites is 1. The molecule has 0 fully saturated rings. The lowest BCUT2D eigenvalue weighted by atomic mass is 10.2. The van der Waals surface area contributed by atoms with Crippen LogP contribution in [0.15, 0.2) is 24.3 Å². The Morgan fingerprint density at radius 3 is 2.86 bits per heavy atom. The summed E-state index contributed by atoms with van der Waals surface area (Å²) in [5, 5.41) is 11.6. The Kier molecular flexibility index (Phi) is 8.61. The van der Waals surface area contributed by atoms with Crippen molar-refractivity contribution in [2.75, 3.05) is 40.1 Å². The number of ether oxygens (including phenoxy) is 3. The average Bonchev–Trinajstić information content (AvgIpc) is 2.52. The van der Waals surface area contributed by atoms with Gasteiger partial charge < -0.3 is 19.5 Å². The van der Waals surface area contributed by atoms with Crippen LogP contribution >= 0.6 is 0 Å². The van der Waals surface area contributed by atoms with Gasteiger partial charge in [-0.2, -0.15) is 5.26 Å². The van der Waals surface area contributed by atoms with Gasteiger partial charge in [-0.15, -0.1) is 0 Å². The van der Waals surface area contributed by atoms with Crippen molar-refractivity contribution in [2.45, 2.75) is 6.42 Å². The number of carbonyl (C=O) groups excluding carboxylic acids is 1. The van der Waals surface area contributed by atoms with Crippen LogP contribution in [-0.4, -0.2) is 46.0 Å². The first-order chi connectivity index (χ1) is 10.3. The lowest BCUT2D eigenvalue weighted by Crippen LogP contribution is -2.30. The first kappa shape index (κ1) is 17.0. The van der Waals surface area contributed by atoms with Crippen LogP contribution < -0.4 is 10.1 Å². The molecule has 6 nitrogen and oxygen atoms in total. The minimum absolute atomic E-state index is 0.108. The van der Waals surface area contributed by atoms with E-state index in [4.69, 9.17) is 19.5 Å². The molecule has 0 heterocycles. The molecule has 0 aromatic heterocycles. The van der Waals surface area contributed by atoms with Crippen LogP contribution in [0.1, 0.15) is 12.0 Å². The number of hydrogen-bond donors (Lipinski definition) is 1. The van der Waals surface area contributed by atoms with Crippen LogP contribution in [0.4, 0.5) is 0 Å². The van der Waals surface area contributed by atoms with Crippen LogP contribution in [0.2, 0.25) is 0 Å². The average molecular weight is 292 g/mol. The normalized spacial score (nSPS) is 9.90. The molecule has 1 aromatic carbocycles. The first-order valence-corrected chi connectivity index (χ1v) is 6.73. The van der Waals surface area contributed by atoms with E-state index in [1.165, 1.54) is 0 Å². The SMILES string of the molecule is COCCOCCCNC(=O)COc1ccccc1C#N. The number of methoxy groups -OCH3 is 1. The van der Waals surface area contributed by atoms with Crippen molar-refractivity contribution in [3.05, 3.63) is 29.8 Å². The summed E-state index contributed by atoms with van der Waals surface area (Å²) in [6.07, 6.45) is 0.726. The molecule has 21 heavy (non-hydrogen) atoms. The van der Waals surface area contributed by atoms with E-state index < -0.39 is 0 Å². The third-order valence-electron chi connectivity index (χ3n) is 2.59. The van der Waals surface area contributed by atoms with Crippen molar-refractivity contribution in [3.63, 3.8) is 0 Å². The Morgan fingerprint density at radius 2 is 2.10 bits per heavy atom. The standard InChI is InChI=1S/C15H20N2O4/c1-19-9-10-20-8-4-7-17-15(18)12-21-14-6-3-2-5-13(14)11-16/h2-3,5-6H,4,7-10,12H2,1H3,(H,17,18). The van der Waals surface area contributed by atoms with E-state index >= 15 is 0 Å². The Bertz CT molecular complexity index is 471. The van der Waals surface area contributed by atoms with Gasteiger partial charge in [0, 0.05) is 20.3 Å². The van der Waals surface area contributed by atoms with Crippen LogP contribution in [0.25, 0.3) is 0 Å². The predicted molar refractivity (Wildman–Crippen MR) is 77.0 cm³/mol. The molecule has 114 valence electrons. The minimum Gasteiger partial charge on any atom is -0.482 e. The zero-order valence-corrected chi connectivity index (χ0v) is 12.1. The minimum atomic E-state index is -0.223. The van der Waals surface area contributed by atoms with Gasteiger partial charge in [-0.1, -0.05) is 12.1 Å². The fourth-order valence-electron chi connectivity index (χ4n) is 1.53. The largest absolute Gasteiger partial charge is 0.482 e. The molecule has 0 aliphatic heterocycles. The van der Waals surface area contributed by atoms with Crippen LogP contribution in [0.5, 0.6) is 5.75 Å². The molecule has 6 heteroatoms. The summed E-state index contributed by atoms with van der Waals surface area (Å²) in [5.74, 6) is 0.192. The van der Waals surface area contributed by atoms with Crippen molar-refractivity contribution in [3.8, 4) is 11.8 Å². The van der Waals surface area contributed by atoms with E-state index in [9.17, 15) is 4.79 Å². The molecule has 0 saturated carbocycles. The maximum atomic E-state index is 11.6. The van der Waals surface area contributed by atoms with Crippen molar-refractivity contribution in [1.82, 2.24) is 5.32 Å². The van der Waals surface area contributed by atoms with Crippen molar-refractivity contribution >= 4 is 5.91 Å². The Balaban J connectivity index is 2.13. The number of carbonyl (C=O) groups is 1. The molecule has 1 amide bonds. The molecule has 0 unspecified atom stereocenters. The second-order valence-electron chi connectivity index (χ2n) is 4.21. The molecule has 0 radical (unpaired) electrons. The fraction of sp³-hybridized carbons (Fsp3) is 0.467. The van der Waals surface area contributed by atoms with Gasteiger partial charge in [0.1, 0.15) is 11.8 Å². The molecule has 0 aliphatic carbocycles. The Hall–Kier alpha value is -2.10. The van der Waals surface area contributed by atoms with Crippen molar-refractivity contribution in [2.24, 2.45) is 0 Å². The number of benzene rings is 1. The smallest absolute Gasteiger partial charge is 0.257 e. The summed E-state index contributed by atoms with van der Waals surface area (Å²) in [7, 11) is 1.62. The molecule has 0 bridgehead atoms. The zero-order valence-electron chi connectivity index (χ0n) is 12.1. The fourth-order valence-corrected chi connectivity index (χ4v) is 1.53. The summed E-state index contributed by atoms with van der Waals surface area (Å²) >= 11 is 0. The molecule has 1 N–H and O–H groups in total. The number of nitrogens with zero attached hydrogens (tertiary/aromatic N) is 1. The molecule has 1 rings (SSSR count). The summed E-state index contributed by atoms with van der Waals surface area (Å²) in [6, 6.07) is 8.82. The van der Waals surface area contributed by atoms with Crippen molar-refractivity contribution < 1.29 is 19.0 Å². The Labute approximate surface area is 124 Å². The van der Waals surface area contributed by atoms with Gasteiger partial charge in [0.05, 0.1) is 18.8 Å². The first-order valence-electron chi connectivity index (χ1n) is 6.73. The predicted octanol–water partition coefficient (Wildman–Crippen LogP) is 1.11. The highest BCUT2D eigenvalue weighted by Crippen LogP contribution is 2.15. The summed E-state index contributed by atoms with van der Waals surface area (Å²) < 4.78 is 15.4. The van der Waals surface area contributed by atoms with E-state index in [-0.39, 0.29) is 12.5 Å². The second-order valence-corrected chi connectivity index (χ2v) is 4.21. The van der Waals surface area contributed by atoms with Gasteiger partial charge in [-0.3, -0.25) is 4.79 Å². The van der Waals surface area contributed by atoms with Gasteiger partial charge in [0.15, 0.2) is 6.61 Å². The van der Waals surface area contributed by atoms with Gasteiger partial charge in [-0.25, -0.2) is 0 Å². The number of rotatable bonds is 10. The molecular weight excluding hydrogens is 272 g/mol. The maximum Gasteiger partial charge on any atom is 0.257 e. The highest BCUT2D eigenvalue weighted by molar-refractivity contribution is 5.77. The van der Waals surface area contributed by atoms with E-state index in [1.807, 2.05) is 6.07 Å². The third kappa shape index (κ3) is 7.30. The number of hydrogen-bond acceptors (Lipinski definition) is 5. The molecule has 0 saturated heterocycles. The van der Waals surface area contributed by atoms with Crippen LogP contribution in [0, 0.1) is 11.3 Å². The summed E-state index contributed by atoms with van der Waals surface area (Å²) in [4.78, 5) is 11.6. The maximum absolute atomic E-state index is 11.6. The third-order valence-corrected chi connectivity index (χ3v) is 2.59. The molecule has 0 aliphatic rings. The van der Waals surface area contributed by atoms with Crippen molar-refractivity contribution in [1.29, 1.82) is 5.26 Å². The number of amides is 1. The summed E-state index contributed by atoms with van der Waals surface area (Å²) in [6.45, 7) is 2.11. The highest BCUT2D eigenvalue weighted by Gasteiger charge is 2.05. The lowest BCUT2D eigenvalue weighted by Gasteiger charge is -2.08. The Morgan fingerprint density at radius 1 is 1.29 bits per heavy atom. The van der Waals surface area contributed by atoms with Gasteiger partial charge >= 0.3 is 0 Å². The number of nitriles is 1. The molecule has 0 atom stereocenters. The quantitative estimate of drug-likeness (QED) is 0.653.